The van der Waals surface area contributed by atoms with Crippen LogP contribution >= 0.6 is 50.6 Å². The molecular formula is C17H11BrClN6NaO6S2. The largest absolute Gasteiger partial charge is 1.00 e. The van der Waals surface area contributed by atoms with E-state index in [1.807, 2.05) is 0 Å². The Labute approximate surface area is 234 Å². The number of hydrogen-bond donors (Lipinski definition) is 3. The molecular weight excluding hydrogens is 587 g/mol. The second-order valence-corrected chi connectivity index (χ2v) is 10.1. The van der Waals surface area contributed by atoms with Crippen LogP contribution in [0.1, 0.15) is 11.5 Å². The summed E-state index contributed by atoms with van der Waals surface area (Å²) in [6.45, 7) is 0. The van der Waals surface area contributed by atoms with Crippen molar-refractivity contribution in [2.24, 2.45) is 5.16 Å². The van der Waals surface area contributed by atoms with Crippen molar-refractivity contribution in [2.45, 2.75) is 11.4 Å². The Morgan fingerprint density at radius 1 is 1.47 bits per heavy atom. The number of aliphatic carboxylic acids is 1. The van der Waals surface area contributed by atoms with Crippen molar-refractivity contribution in [3.8, 4) is 0 Å². The van der Waals surface area contributed by atoms with Gasteiger partial charge in [0.25, 0.3) is 11.8 Å². The fraction of sp³-hybridized carbons (Fsp3) is 0.176. The number of thioether (sulfide) groups is 1. The van der Waals surface area contributed by atoms with Crippen molar-refractivity contribution < 1.29 is 58.8 Å². The van der Waals surface area contributed by atoms with Gasteiger partial charge in [-0.15, -0.1) is 11.8 Å². The Morgan fingerprint density at radius 3 is 2.76 bits per heavy atom. The second kappa shape index (κ2) is 10.8. The SMILES string of the molecule is Nc1nc(/C(=N/O)C(=O)N[C@@H]2C(=O)N3C(C(=O)[O-])=C(/C=C\c4cc(Br)no4)CS[C@H]23)c(Cl)s1.[Na+]. The number of carbonyl (C=O) groups is 3. The van der Waals surface area contributed by atoms with E-state index in [9.17, 15) is 24.7 Å². The van der Waals surface area contributed by atoms with Crippen LogP contribution < -0.4 is 45.7 Å². The van der Waals surface area contributed by atoms with E-state index in [-0.39, 0.29) is 56.2 Å². The van der Waals surface area contributed by atoms with Crippen molar-refractivity contribution in [3.05, 3.63) is 43.8 Å². The van der Waals surface area contributed by atoms with E-state index in [0.717, 1.165) is 16.2 Å². The van der Waals surface area contributed by atoms with Gasteiger partial charge >= 0.3 is 29.6 Å². The number of carboxylic acids is 1. The average molecular weight is 598 g/mol. The van der Waals surface area contributed by atoms with E-state index in [1.54, 1.807) is 6.07 Å². The zero-order valence-electron chi connectivity index (χ0n) is 17.0. The van der Waals surface area contributed by atoms with Gasteiger partial charge in [-0.05, 0) is 27.6 Å². The summed E-state index contributed by atoms with van der Waals surface area (Å²) in [6, 6.07) is 0.510. The first-order valence-corrected chi connectivity index (χ1v) is 11.9. The van der Waals surface area contributed by atoms with E-state index in [2.05, 4.69) is 36.5 Å². The van der Waals surface area contributed by atoms with Gasteiger partial charge < -0.3 is 30.7 Å². The monoisotopic (exact) mass is 596 g/mol. The predicted molar refractivity (Wildman–Crippen MR) is 120 cm³/mol. The van der Waals surface area contributed by atoms with Crippen LogP contribution in [0.25, 0.3) is 6.08 Å². The van der Waals surface area contributed by atoms with E-state index >= 15 is 0 Å². The first kappa shape index (κ1) is 26.7. The number of aromatic nitrogens is 2. The Hall–Kier alpha value is -1.88. The third kappa shape index (κ3) is 5.05. The Morgan fingerprint density at radius 2 is 2.21 bits per heavy atom. The number of anilines is 1. The number of amides is 2. The number of carboxylic acid groups (broad SMARTS) is 1. The average Bonchev–Trinajstić information content (AvgIpc) is 3.34. The zero-order valence-corrected chi connectivity index (χ0v) is 23.0. The van der Waals surface area contributed by atoms with E-state index in [4.69, 9.17) is 21.9 Å². The molecule has 172 valence electrons. The standard InChI is InChI=1S/C17H12BrClN6O6S2.Na/c18-7-3-6(31-24-7)2-1-5-4-32-15-10(14(27)25(15)11(5)16(28)29)21-13(26)9(23-30)8-12(19)33-17(20)22-8;/h1-3,10,15,30H,4H2,(H2,20,22)(H,21,26)(H,28,29);/q;+1/p-1/b2-1-,23-9-;/t10-,15-;/m1./s1. The van der Waals surface area contributed by atoms with Crippen molar-refractivity contribution in [1.29, 1.82) is 0 Å². The van der Waals surface area contributed by atoms with Gasteiger partial charge in [0, 0.05) is 11.8 Å². The Bertz CT molecular complexity index is 1260. The topological polar surface area (TPSA) is 187 Å². The molecule has 0 radical (unpaired) electrons. The normalized spacial score (nSPS) is 20.1. The number of β-lactam (4-membered cyclic amide) rings is 1. The molecule has 4 heterocycles. The van der Waals surface area contributed by atoms with E-state index < -0.39 is 34.9 Å². The van der Waals surface area contributed by atoms with Crippen LogP contribution in [-0.2, 0) is 14.4 Å². The number of halogens is 2. The minimum absolute atomic E-state index is 0. The van der Waals surface area contributed by atoms with Gasteiger partial charge in [-0.2, -0.15) is 0 Å². The van der Waals surface area contributed by atoms with Crippen LogP contribution in [0.2, 0.25) is 4.34 Å². The van der Waals surface area contributed by atoms with Gasteiger partial charge in [0.1, 0.15) is 26.0 Å². The maximum Gasteiger partial charge on any atom is 1.00 e. The molecule has 0 spiro atoms. The molecule has 0 aromatic carbocycles. The number of rotatable bonds is 6. The van der Waals surface area contributed by atoms with Gasteiger partial charge in [-0.1, -0.05) is 39.3 Å². The number of nitrogens with zero attached hydrogens (tertiary/aromatic N) is 4. The summed E-state index contributed by atoms with van der Waals surface area (Å²) in [7, 11) is 0. The van der Waals surface area contributed by atoms with Crippen LogP contribution in [-0.4, -0.2) is 60.9 Å². The zero-order chi connectivity index (χ0) is 23.9. The quantitative estimate of drug-likeness (QED) is 0.105. The first-order chi connectivity index (χ1) is 15.7. The van der Waals surface area contributed by atoms with Crippen LogP contribution in [0.4, 0.5) is 5.13 Å². The van der Waals surface area contributed by atoms with Crippen molar-refractivity contribution in [2.75, 3.05) is 11.5 Å². The van der Waals surface area contributed by atoms with E-state index in [1.165, 1.54) is 23.9 Å². The molecule has 2 atom stereocenters. The van der Waals surface area contributed by atoms with Crippen molar-refractivity contribution >= 4 is 85.3 Å². The number of allylic oxidation sites excluding steroid dienone is 1. The number of thiazole rings is 1. The molecule has 2 aromatic rings. The summed E-state index contributed by atoms with van der Waals surface area (Å²) in [6.07, 6.45) is 3.00. The Kier molecular flexibility index (Phi) is 8.49. The maximum absolute atomic E-state index is 12.7. The molecule has 0 bridgehead atoms. The summed E-state index contributed by atoms with van der Waals surface area (Å²) in [4.78, 5) is 42.0. The number of fused-ring (bicyclic) bond motifs is 1. The molecule has 1 fully saturated rings. The minimum Gasteiger partial charge on any atom is -0.543 e. The second-order valence-electron chi connectivity index (χ2n) is 6.53. The molecule has 4 N–H and O–H groups in total. The number of oxime groups is 1. The molecule has 2 aliphatic rings. The van der Waals surface area contributed by atoms with Gasteiger partial charge in [0.15, 0.2) is 16.6 Å². The molecule has 12 nitrogen and oxygen atoms in total. The molecule has 0 aliphatic carbocycles. The van der Waals surface area contributed by atoms with E-state index in [0.29, 0.717) is 15.9 Å². The van der Waals surface area contributed by atoms with Gasteiger partial charge in [0.2, 0.25) is 0 Å². The minimum atomic E-state index is -1.54. The molecule has 17 heteroatoms. The molecule has 34 heavy (non-hydrogen) atoms. The molecule has 2 amide bonds. The third-order valence-electron chi connectivity index (χ3n) is 4.57. The number of nitrogen functional groups attached to an aromatic ring is 1. The van der Waals surface area contributed by atoms with Crippen molar-refractivity contribution in [1.82, 2.24) is 20.4 Å². The summed E-state index contributed by atoms with van der Waals surface area (Å²) >= 11 is 11.2. The summed E-state index contributed by atoms with van der Waals surface area (Å²) in [5, 5.41) is 29.4. The summed E-state index contributed by atoms with van der Waals surface area (Å²) in [5.74, 6) is -2.56. The molecule has 2 aliphatic heterocycles. The van der Waals surface area contributed by atoms with Crippen molar-refractivity contribution in [3.63, 3.8) is 0 Å². The molecule has 0 unspecified atom stereocenters. The number of nitrogens with one attached hydrogen (secondary N) is 1. The van der Waals surface area contributed by atoms with Gasteiger partial charge in [0.05, 0.1) is 11.7 Å². The number of hydrogen-bond acceptors (Lipinski definition) is 12. The van der Waals surface area contributed by atoms with Crippen LogP contribution in [0.15, 0.2) is 37.7 Å². The third-order valence-corrected chi connectivity index (χ3v) is 7.33. The number of carbonyl (C=O) groups excluding carboxylic acids is 3. The number of nitrogens with two attached hydrogens (primary N) is 1. The van der Waals surface area contributed by atoms with Crippen LogP contribution in [0.3, 0.4) is 0 Å². The molecule has 0 saturated carbocycles. The molecule has 4 rings (SSSR count). The Balaban J connectivity index is 0.00000324. The fourth-order valence-electron chi connectivity index (χ4n) is 3.16. The van der Waals surface area contributed by atoms with Gasteiger partial charge in [-0.25, -0.2) is 4.98 Å². The predicted octanol–water partition coefficient (Wildman–Crippen LogP) is -2.57. The van der Waals surface area contributed by atoms with Gasteiger partial charge in [-0.3, -0.25) is 14.5 Å². The molecule has 2 aromatic heterocycles. The van der Waals surface area contributed by atoms with Crippen LogP contribution in [0, 0.1) is 0 Å². The maximum atomic E-state index is 12.7. The molecule has 1 saturated heterocycles. The fourth-order valence-corrected chi connectivity index (χ4v) is 5.71. The first-order valence-electron chi connectivity index (χ1n) is 8.85. The van der Waals surface area contributed by atoms with Crippen LogP contribution in [0.5, 0.6) is 0 Å². The summed E-state index contributed by atoms with van der Waals surface area (Å²) in [5.41, 5.74) is 4.89. The smallest absolute Gasteiger partial charge is 0.543 e. The summed E-state index contributed by atoms with van der Waals surface area (Å²) < 4.78 is 5.52.